The molecule has 1 aromatic rings. The number of thioether (sulfide) groups is 1. The Labute approximate surface area is 98.8 Å². The largest absolute Gasteiger partial charge is 0.396 e. The van der Waals surface area contributed by atoms with Crippen molar-refractivity contribution in [3.63, 3.8) is 0 Å². The Hall–Kier alpha value is -1.26. The molecule has 1 N–H and O–H groups in total. The van der Waals surface area contributed by atoms with Crippen LogP contribution in [-0.4, -0.2) is 23.0 Å². The molecule has 0 radical (unpaired) electrons. The second-order valence-electron chi connectivity index (χ2n) is 3.56. The van der Waals surface area contributed by atoms with Gasteiger partial charge >= 0.3 is 0 Å². The van der Waals surface area contributed by atoms with Gasteiger partial charge in [-0.2, -0.15) is 0 Å². The van der Waals surface area contributed by atoms with Crippen LogP contribution in [0.1, 0.15) is 12.0 Å². The average Bonchev–Trinajstić information content (AvgIpc) is 2.48. The van der Waals surface area contributed by atoms with E-state index in [0.717, 1.165) is 21.8 Å². The quantitative estimate of drug-likeness (QED) is 0.814. The Kier molecular flexibility index (Phi) is 3.64. The molecule has 2 rings (SSSR count). The van der Waals surface area contributed by atoms with Crippen LogP contribution in [0.5, 0.6) is 0 Å². The van der Waals surface area contributed by atoms with Crippen molar-refractivity contribution in [3.8, 4) is 0 Å². The van der Waals surface area contributed by atoms with Gasteiger partial charge in [-0.25, -0.2) is 0 Å². The van der Waals surface area contributed by atoms with Crippen LogP contribution in [0.25, 0.3) is 0 Å². The number of aliphatic hydroxyl groups is 1. The van der Waals surface area contributed by atoms with Gasteiger partial charge in [0, 0.05) is 29.0 Å². The van der Waals surface area contributed by atoms with Gasteiger partial charge in [-0.3, -0.25) is 4.79 Å². The van der Waals surface area contributed by atoms with Crippen molar-refractivity contribution in [2.75, 3.05) is 6.61 Å². The van der Waals surface area contributed by atoms with Gasteiger partial charge in [0.15, 0.2) is 0 Å². The summed E-state index contributed by atoms with van der Waals surface area (Å²) in [6.45, 7) is 0.704. The van der Waals surface area contributed by atoms with Gasteiger partial charge in [0.05, 0.1) is 6.54 Å². The summed E-state index contributed by atoms with van der Waals surface area (Å²) in [6, 6.07) is 8.02. The molecule has 1 heterocycles. The van der Waals surface area contributed by atoms with E-state index in [1.165, 1.54) is 0 Å². The standard InChI is InChI=1S/C12H13NO2S/c14-6-5-11-8-13(9-15)7-10-3-1-2-4-12(10)16-11/h1-4,8-9,14H,5-7H2. The third-order valence-electron chi connectivity index (χ3n) is 2.37. The zero-order valence-corrected chi connectivity index (χ0v) is 9.61. The van der Waals surface area contributed by atoms with Gasteiger partial charge in [0.1, 0.15) is 0 Å². The molecular weight excluding hydrogens is 222 g/mol. The first-order chi connectivity index (χ1) is 7.83. The van der Waals surface area contributed by atoms with E-state index in [0.29, 0.717) is 13.0 Å². The topological polar surface area (TPSA) is 40.5 Å². The molecule has 1 aliphatic heterocycles. The van der Waals surface area contributed by atoms with Crippen LogP contribution in [0.3, 0.4) is 0 Å². The molecule has 3 nitrogen and oxygen atoms in total. The molecule has 4 heteroatoms. The highest BCUT2D eigenvalue weighted by molar-refractivity contribution is 8.03. The van der Waals surface area contributed by atoms with E-state index in [9.17, 15) is 4.79 Å². The fourth-order valence-corrected chi connectivity index (χ4v) is 2.70. The van der Waals surface area contributed by atoms with Crippen molar-refractivity contribution >= 4 is 18.2 Å². The summed E-state index contributed by atoms with van der Waals surface area (Å²) in [4.78, 5) is 14.7. The van der Waals surface area contributed by atoms with E-state index in [1.54, 1.807) is 16.7 Å². The second-order valence-corrected chi connectivity index (χ2v) is 4.72. The molecule has 0 bridgehead atoms. The Balaban J connectivity index is 2.32. The lowest BCUT2D eigenvalue weighted by atomic mass is 10.2. The van der Waals surface area contributed by atoms with Gasteiger partial charge in [0.2, 0.25) is 6.41 Å². The fourth-order valence-electron chi connectivity index (χ4n) is 1.62. The first-order valence-electron chi connectivity index (χ1n) is 5.12. The Bertz CT molecular complexity index is 417. The van der Waals surface area contributed by atoms with Crippen molar-refractivity contribution in [2.24, 2.45) is 0 Å². The fraction of sp³-hybridized carbons (Fsp3) is 0.250. The van der Waals surface area contributed by atoms with Crippen molar-refractivity contribution in [3.05, 3.63) is 40.9 Å². The minimum absolute atomic E-state index is 0.105. The summed E-state index contributed by atoms with van der Waals surface area (Å²) < 4.78 is 0. The van der Waals surface area contributed by atoms with Crippen molar-refractivity contribution in [2.45, 2.75) is 17.9 Å². The van der Waals surface area contributed by atoms with Gasteiger partial charge in [-0.05, 0) is 11.6 Å². The van der Waals surface area contributed by atoms with Gasteiger partial charge in [0.25, 0.3) is 0 Å². The lowest BCUT2D eigenvalue weighted by Gasteiger charge is -2.10. The summed E-state index contributed by atoms with van der Waals surface area (Å²) in [5.74, 6) is 0. The van der Waals surface area contributed by atoms with Crippen LogP contribution in [0.15, 0.2) is 40.3 Å². The van der Waals surface area contributed by atoms with Gasteiger partial charge < -0.3 is 10.0 Å². The number of benzene rings is 1. The van der Waals surface area contributed by atoms with E-state index in [4.69, 9.17) is 5.11 Å². The molecule has 0 aliphatic carbocycles. The molecule has 0 saturated carbocycles. The van der Waals surface area contributed by atoms with Gasteiger partial charge in [-0.15, -0.1) is 0 Å². The number of rotatable bonds is 3. The third kappa shape index (κ3) is 2.46. The van der Waals surface area contributed by atoms with Crippen LogP contribution < -0.4 is 0 Å². The van der Waals surface area contributed by atoms with Gasteiger partial charge in [-0.1, -0.05) is 30.0 Å². The molecule has 0 atom stereocenters. The third-order valence-corrected chi connectivity index (χ3v) is 3.56. The van der Waals surface area contributed by atoms with E-state index in [-0.39, 0.29) is 6.61 Å². The van der Waals surface area contributed by atoms with Crippen LogP contribution in [0, 0.1) is 0 Å². The smallest absolute Gasteiger partial charge is 0.214 e. The maximum atomic E-state index is 10.9. The summed E-state index contributed by atoms with van der Waals surface area (Å²) in [5, 5.41) is 8.96. The maximum absolute atomic E-state index is 10.9. The number of carbonyl (C=O) groups is 1. The van der Waals surface area contributed by atoms with Crippen LogP contribution in [0.4, 0.5) is 0 Å². The number of hydrogen-bond acceptors (Lipinski definition) is 3. The van der Waals surface area contributed by atoms with Crippen LogP contribution in [-0.2, 0) is 11.3 Å². The highest BCUT2D eigenvalue weighted by Crippen LogP contribution is 2.34. The van der Waals surface area contributed by atoms with Crippen molar-refractivity contribution in [1.29, 1.82) is 0 Å². The molecule has 1 aromatic carbocycles. The molecule has 1 amide bonds. The minimum atomic E-state index is 0.105. The SMILES string of the molecule is O=CN1C=C(CCO)Sc2ccccc2C1. The first-order valence-corrected chi connectivity index (χ1v) is 5.93. The number of fused-ring (bicyclic) bond motifs is 1. The maximum Gasteiger partial charge on any atom is 0.214 e. The molecule has 0 fully saturated rings. The van der Waals surface area contributed by atoms with Crippen LogP contribution in [0.2, 0.25) is 0 Å². The van der Waals surface area contributed by atoms with E-state index in [2.05, 4.69) is 0 Å². The van der Waals surface area contributed by atoms with Crippen LogP contribution >= 0.6 is 11.8 Å². The lowest BCUT2D eigenvalue weighted by molar-refractivity contribution is -0.116. The van der Waals surface area contributed by atoms with E-state index in [1.807, 2.05) is 30.5 Å². The molecule has 0 saturated heterocycles. The molecule has 84 valence electrons. The summed E-state index contributed by atoms with van der Waals surface area (Å²) in [7, 11) is 0. The van der Waals surface area contributed by atoms with E-state index >= 15 is 0 Å². The summed E-state index contributed by atoms with van der Waals surface area (Å²) in [6.07, 6.45) is 3.22. The normalized spacial score (nSPS) is 15.1. The minimum Gasteiger partial charge on any atom is -0.396 e. The highest BCUT2D eigenvalue weighted by atomic mass is 32.2. The average molecular weight is 235 g/mol. The Morgan fingerprint density at radius 1 is 1.44 bits per heavy atom. The number of hydrogen-bond donors (Lipinski definition) is 1. The number of amides is 1. The highest BCUT2D eigenvalue weighted by Gasteiger charge is 2.13. The Morgan fingerprint density at radius 2 is 2.25 bits per heavy atom. The molecule has 16 heavy (non-hydrogen) atoms. The Morgan fingerprint density at radius 3 is 3.00 bits per heavy atom. The molecule has 0 aromatic heterocycles. The monoisotopic (exact) mass is 235 g/mol. The molecular formula is C12H13NO2S. The zero-order valence-electron chi connectivity index (χ0n) is 8.80. The predicted molar refractivity (Wildman–Crippen MR) is 63.7 cm³/mol. The van der Waals surface area contributed by atoms with Crippen molar-refractivity contribution in [1.82, 2.24) is 4.90 Å². The van der Waals surface area contributed by atoms with E-state index < -0.39 is 0 Å². The lowest BCUT2D eigenvalue weighted by Crippen LogP contribution is -2.13. The first kappa shape index (κ1) is 11.2. The predicted octanol–water partition coefficient (Wildman–Crippen LogP) is 1.97. The number of aliphatic hydroxyl groups excluding tert-OH is 1. The molecule has 0 unspecified atom stereocenters. The summed E-state index contributed by atoms with van der Waals surface area (Å²) >= 11 is 1.62. The molecule has 1 aliphatic rings. The number of nitrogens with zero attached hydrogens (tertiary/aromatic N) is 1. The second kappa shape index (κ2) is 5.18. The number of carbonyl (C=O) groups excluding carboxylic acids is 1. The molecule has 0 spiro atoms. The zero-order chi connectivity index (χ0) is 11.4. The van der Waals surface area contributed by atoms with Crippen molar-refractivity contribution < 1.29 is 9.90 Å². The summed E-state index contributed by atoms with van der Waals surface area (Å²) in [5.41, 5.74) is 1.14.